The average molecular weight is 276 g/mol. The molecule has 18 heavy (non-hydrogen) atoms. The van der Waals surface area contributed by atoms with Crippen LogP contribution in [0.3, 0.4) is 0 Å². The predicted octanol–water partition coefficient (Wildman–Crippen LogP) is 3.68. The first-order chi connectivity index (χ1) is 8.58. The van der Waals surface area contributed by atoms with Gasteiger partial charge < -0.3 is 5.32 Å². The molecule has 0 atom stereocenters. The van der Waals surface area contributed by atoms with E-state index in [1.54, 1.807) is 0 Å². The van der Waals surface area contributed by atoms with E-state index in [1.165, 1.54) is 30.6 Å². The van der Waals surface area contributed by atoms with Crippen LogP contribution in [0.1, 0.15) is 12.4 Å². The van der Waals surface area contributed by atoms with Gasteiger partial charge in [-0.25, -0.2) is 9.37 Å². The highest BCUT2D eigenvalue weighted by molar-refractivity contribution is 6.33. The minimum atomic E-state index is -2.66. The van der Waals surface area contributed by atoms with E-state index in [2.05, 4.69) is 10.3 Å². The van der Waals surface area contributed by atoms with Gasteiger partial charge in [0, 0.05) is 12.4 Å². The number of nitrogens with zero attached hydrogens (tertiary/aromatic N) is 2. The minimum Gasteiger partial charge on any atom is -0.377 e. The summed E-state index contributed by atoms with van der Waals surface area (Å²) in [6.07, 6.45) is 2.45. The second kappa shape index (κ2) is 5.30. The van der Waals surface area contributed by atoms with Crippen LogP contribution in [-0.4, -0.2) is 9.55 Å². The third kappa shape index (κ3) is 2.76. The van der Waals surface area contributed by atoms with E-state index in [4.69, 9.17) is 11.6 Å². The Kier molecular flexibility index (Phi) is 3.76. The zero-order chi connectivity index (χ0) is 13.1. The summed E-state index contributed by atoms with van der Waals surface area (Å²) < 4.78 is 38.8. The van der Waals surface area contributed by atoms with Crippen LogP contribution in [0, 0.1) is 5.82 Å². The highest BCUT2D eigenvalue weighted by atomic mass is 35.5. The second-order valence-corrected chi connectivity index (χ2v) is 3.91. The van der Waals surface area contributed by atoms with Gasteiger partial charge in [0.15, 0.2) is 0 Å². The largest absolute Gasteiger partial charge is 0.377 e. The van der Waals surface area contributed by atoms with Crippen molar-refractivity contribution in [3.05, 3.63) is 47.3 Å². The predicted molar refractivity (Wildman–Crippen MR) is 62.2 cm³/mol. The van der Waals surface area contributed by atoms with E-state index in [0.29, 0.717) is 10.7 Å². The van der Waals surface area contributed by atoms with Crippen molar-refractivity contribution in [2.45, 2.75) is 13.1 Å². The molecule has 0 saturated heterocycles. The Balaban J connectivity index is 2.11. The molecule has 96 valence electrons. The van der Waals surface area contributed by atoms with Gasteiger partial charge in [-0.15, -0.1) is 0 Å². The first kappa shape index (κ1) is 12.8. The van der Waals surface area contributed by atoms with Crippen LogP contribution in [0.5, 0.6) is 0 Å². The van der Waals surface area contributed by atoms with Crippen molar-refractivity contribution in [2.24, 2.45) is 0 Å². The van der Waals surface area contributed by atoms with Gasteiger partial charge in [-0.3, -0.25) is 4.57 Å². The standard InChI is InChI=1S/C11H9ClF3N3/c12-8-2-1-7(13)5-9(8)17-6-10-16-3-4-18(10)11(14)15/h1-5,11,17H,6H2. The summed E-state index contributed by atoms with van der Waals surface area (Å²) in [6.45, 7) is -2.63. The van der Waals surface area contributed by atoms with E-state index in [-0.39, 0.29) is 12.4 Å². The zero-order valence-corrected chi connectivity index (χ0v) is 9.83. The normalized spacial score (nSPS) is 10.9. The fourth-order valence-corrected chi connectivity index (χ4v) is 1.65. The van der Waals surface area contributed by atoms with Crippen LogP contribution in [0.15, 0.2) is 30.6 Å². The first-order valence-electron chi connectivity index (χ1n) is 5.06. The summed E-state index contributed by atoms with van der Waals surface area (Å²) in [5.41, 5.74) is 0.334. The van der Waals surface area contributed by atoms with E-state index < -0.39 is 12.4 Å². The minimum absolute atomic E-state index is 0.0283. The Morgan fingerprint density at radius 1 is 1.39 bits per heavy atom. The van der Waals surface area contributed by atoms with Crippen LogP contribution in [0.25, 0.3) is 0 Å². The monoisotopic (exact) mass is 275 g/mol. The second-order valence-electron chi connectivity index (χ2n) is 3.51. The molecule has 0 radical (unpaired) electrons. The molecule has 2 rings (SSSR count). The van der Waals surface area contributed by atoms with Crippen LogP contribution >= 0.6 is 11.6 Å². The number of anilines is 1. The molecule has 0 fully saturated rings. The lowest BCUT2D eigenvalue weighted by Crippen LogP contribution is -2.09. The smallest absolute Gasteiger partial charge is 0.319 e. The number of aromatic nitrogens is 2. The molecule has 1 aromatic heterocycles. The number of halogens is 4. The summed E-state index contributed by atoms with van der Waals surface area (Å²) in [5.74, 6) is -0.315. The lowest BCUT2D eigenvalue weighted by atomic mass is 10.3. The molecule has 0 bridgehead atoms. The van der Waals surface area contributed by atoms with Gasteiger partial charge in [-0.05, 0) is 18.2 Å². The van der Waals surface area contributed by atoms with Crippen LogP contribution in [0.4, 0.5) is 18.9 Å². The van der Waals surface area contributed by atoms with Crippen molar-refractivity contribution in [1.82, 2.24) is 9.55 Å². The number of rotatable bonds is 4. The number of hydrogen-bond donors (Lipinski definition) is 1. The van der Waals surface area contributed by atoms with Gasteiger partial charge in [0.25, 0.3) is 0 Å². The third-order valence-corrected chi connectivity index (χ3v) is 2.65. The molecular formula is C11H9ClF3N3. The molecule has 1 heterocycles. The Morgan fingerprint density at radius 2 is 2.17 bits per heavy atom. The Morgan fingerprint density at radius 3 is 2.89 bits per heavy atom. The van der Waals surface area contributed by atoms with Crippen molar-refractivity contribution in [3.63, 3.8) is 0 Å². The maximum Gasteiger partial charge on any atom is 0.319 e. The molecule has 0 aliphatic heterocycles. The van der Waals surface area contributed by atoms with Crippen molar-refractivity contribution in [2.75, 3.05) is 5.32 Å². The summed E-state index contributed by atoms with van der Waals surface area (Å²) >= 11 is 5.83. The number of nitrogens with one attached hydrogen (secondary N) is 1. The first-order valence-corrected chi connectivity index (χ1v) is 5.44. The van der Waals surface area contributed by atoms with E-state index in [1.807, 2.05) is 0 Å². The molecule has 7 heteroatoms. The van der Waals surface area contributed by atoms with E-state index in [9.17, 15) is 13.2 Å². The van der Waals surface area contributed by atoms with Crippen molar-refractivity contribution < 1.29 is 13.2 Å². The van der Waals surface area contributed by atoms with Gasteiger partial charge in [-0.2, -0.15) is 8.78 Å². The van der Waals surface area contributed by atoms with Gasteiger partial charge >= 0.3 is 6.55 Å². The number of benzene rings is 1. The molecule has 0 amide bonds. The van der Waals surface area contributed by atoms with Crippen molar-refractivity contribution >= 4 is 17.3 Å². The topological polar surface area (TPSA) is 29.9 Å². The molecule has 2 aromatic rings. The number of hydrogen-bond acceptors (Lipinski definition) is 2. The maximum absolute atomic E-state index is 13.0. The van der Waals surface area contributed by atoms with Gasteiger partial charge in [0.2, 0.25) is 0 Å². The molecule has 1 aromatic carbocycles. The fourth-order valence-electron chi connectivity index (χ4n) is 1.47. The number of imidazole rings is 1. The molecule has 3 nitrogen and oxygen atoms in total. The van der Waals surface area contributed by atoms with E-state index >= 15 is 0 Å². The van der Waals surface area contributed by atoms with Gasteiger partial charge in [-0.1, -0.05) is 11.6 Å². The zero-order valence-electron chi connectivity index (χ0n) is 9.08. The summed E-state index contributed by atoms with van der Waals surface area (Å²) in [5, 5.41) is 3.07. The molecule has 0 spiro atoms. The Bertz CT molecular complexity index is 542. The molecule has 0 aliphatic carbocycles. The maximum atomic E-state index is 13.0. The fraction of sp³-hybridized carbons (Fsp3) is 0.182. The summed E-state index contributed by atoms with van der Waals surface area (Å²) in [6, 6.07) is 3.80. The third-order valence-electron chi connectivity index (χ3n) is 2.32. The van der Waals surface area contributed by atoms with Gasteiger partial charge in [0.1, 0.15) is 11.6 Å². The van der Waals surface area contributed by atoms with E-state index in [0.717, 1.165) is 4.57 Å². The lowest BCUT2D eigenvalue weighted by Gasteiger charge is -2.10. The van der Waals surface area contributed by atoms with Crippen LogP contribution in [0.2, 0.25) is 5.02 Å². The quantitative estimate of drug-likeness (QED) is 0.922. The molecule has 0 saturated carbocycles. The molecular weight excluding hydrogens is 267 g/mol. The Hall–Kier alpha value is -1.69. The average Bonchev–Trinajstić information content (AvgIpc) is 2.79. The van der Waals surface area contributed by atoms with Gasteiger partial charge in [0.05, 0.1) is 17.3 Å². The Labute approximate surface area is 106 Å². The van der Waals surface area contributed by atoms with Crippen LogP contribution < -0.4 is 5.32 Å². The van der Waals surface area contributed by atoms with Crippen molar-refractivity contribution in [1.29, 1.82) is 0 Å². The highest BCUT2D eigenvalue weighted by Crippen LogP contribution is 2.23. The summed E-state index contributed by atoms with van der Waals surface area (Å²) in [7, 11) is 0. The molecule has 0 aliphatic rings. The lowest BCUT2D eigenvalue weighted by molar-refractivity contribution is 0.0673. The molecule has 0 unspecified atom stereocenters. The summed E-state index contributed by atoms with van der Waals surface area (Å²) in [4.78, 5) is 3.79. The number of alkyl halides is 2. The van der Waals surface area contributed by atoms with Crippen LogP contribution in [-0.2, 0) is 6.54 Å². The van der Waals surface area contributed by atoms with Crippen molar-refractivity contribution in [3.8, 4) is 0 Å². The highest BCUT2D eigenvalue weighted by Gasteiger charge is 2.11. The molecule has 1 N–H and O–H groups in total. The SMILES string of the molecule is Fc1ccc(Cl)c(NCc2nccn2C(F)F)c1.